The van der Waals surface area contributed by atoms with E-state index in [1.165, 1.54) is 18.4 Å². The average molecular weight is 535 g/mol. The van der Waals surface area contributed by atoms with Gasteiger partial charge in [-0.3, -0.25) is 9.59 Å². The molecule has 3 N–H and O–H groups in total. The van der Waals surface area contributed by atoms with Crippen molar-refractivity contribution < 1.29 is 28.6 Å². The number of oxazole rings is 1. The Labute approximate surface area is 227 Å². The van der Waals surface area contributed by atoms with Gasteiger partial charge in [-0.05, 0) is 63.1 Å². The second-order valence-electron chi connectivity index (χ2n) is 10.5. The molecule has 0 radical (unpaired) electrons. The molecule has 10 nitrogen and oxygen atoms in total. The molecule has 0 saturated carbocycles. The lowest BCUT2D eigenvalue weighted by molar-refractivity contribution is -0.137. The third kappa shape index (κ3) is 7.16. The van der Waals surface area contributed by atoms with E-state index in [1.54, 1.807) is 24.4 Å². The molecule has 2 aromatic carbocycles. The number of hydrogen-bond donors (Lipinski definition) is 3. The molecule has 3 aromatic rings. The molecule has 2 unspecified atom stereocenters. The van der Waals surface area contributed by atoms with E-state index >= 15 is 0 Å². The van der Waals surface area contributed by atoms with Crippen LogP contribution in [0.15, 0.2) is 65.5 Å². The van der Waals surface area contributed by atoms with E-state index in [2.05, 4.69) is 15.6 Å². The molecule has 0 spiro atoms. The molecule has 1 aliphatic rings. The minimum atomic E-state index is -0.913. The standard InChI is InChI=1S/C29H34N4O6/c1-29(2,16-20-11-12-33(28(36)37)22(14-20)13-19-7-5-4-6-8-19)32-27(35)26(34)31-21-9-10-23(24(15-21)38-3)25-17-30-18-39-25/h4-10,15,17-18,20,22H,11-14,16H2,1-3H3,(H,31,34)(H,32,35)(H,36,37). The van der Waals surface area contributed by atoms with Gasteiger partial charge in [0, 0.05) is 29.9 Å². The van der Waals surface area contributed by atoms with Crippen LogP contribution in [0.2, 0.25) is 0 Å². The van der Waals surface area contributed by atoms with Crippen LogP contribution in [0.3, 0.4) is 0 Å². The highest BCUT2D eigenvalue weighted by atomic mass is 16.5. The van der Waals surface area contributed by atoms with E-state index in [-0.39, 0.29) is 12.0 Å². The van der Waals surface area contributed by atoms with Crippen molar-refractivity contribution >= 4 is 23.6 Å². The summed E-state index contributed by atoms with van der Waals surface area (Å²) in [6, 6.07) is 14.7. The number of methoxy groups -OCH3 is 1. The monoisotopic (exact) mass is 534 g/mol. The van der Waals surface area contributed by atoms with Gasteiger partial charge in [-0.15, -0.1) is 0 Å². The molecule has 1 fully saturated rings. The van der Waals surface area contributed by atoms with Gasteiger partial charge in [0.1, 0.15) is 5.75 Å². The summed E-state index contributed by atoms with van der Waals surface area (Å²) >= 11 is 0. The summed E-state index contributed by atoms with van der Waals surface area (Å²) in [5, 5.41) is 15.2. The Bertz CT molecular complexity index is 1290. The third-order valence-electron chi connectivity index (χ3n) is 7.00. The molecule has 1 saturated heterocycles. The Kier molecular flexibility index (Phi) is 8.53. The summed E-state index contributed by atoms with van der Waals surface area (Å²) in [5.74, 6) is -0.365. The number of nitrogens with zero attached hydrogens (tertiary/aromatic N) is 2. The number of likely N-dealkylation sites (tertiary alicyclic amines) is 1. The van der Waals surface area contributed by atoms with Crippen LogP contribution in [0, 0.1) is 5.92 Å². The van der Waals surface area contributed by atoms with Gasteiger partial charge in [-0.1, -0.05) is 30.3 Å². The van der Waals surface area contributed by atoms with Gasteiger partial charge in [0.05, 0.1) is 18.9 Å². The van der Waals surface area contributed by atoms with Gasteiger partial charge < -0.3 is 29.8 Å². The maximum atomic E-state index is 12.8. The summed E-state index contributed by atoms with van der Waals surface area (Å²) in [4.78, 5) is 42.8. The minimum absolute atomic E-state index is 0.145. The number of carbonyl (C=O) groups excluding carboxylic acids is 2. The Morgan fingerprint density at radius 2 is 1.92 bits per heavy atom. The number of carboxylic acid groups (broad SMARTS) is 1. The molecule has 206 valence electrons. The van der Waals surface area contributed by atoms with Crippen molar-refractivity contribution in [3.63, 3.8) is 0 Å². The highest BCUT2D eigenvalue weighted by Gasteiger charge is 2.35. The Morgan fingerprint density at radius 3 is 2.59 bits per heavy atom. The number of hydrogen-bond acceptors (Lipinski definition) is 6. The van der Waals surface area contributed by atoms with Crippen LogP contribution in [-0.4, -0.2) is 58.1 Å². The number of piperidine rings is 1. The van der Waals surface area contributed by atoms with Crippen LogP contribution in [0.4, 0.5) is 10.5 Å². The van der Waals surface area contributed by atoms with Crippen molar-refractivity contribution in [2.75, 3.05) is 19.0 Å². The van der Waals surface area contributed by atoms with Gasteiger partial charge >= 0.3 is 17.9 Å². The molecule has 0 bridgehead atoms. The largest absolute Gasteiger partial charge is 0.496 e. The van der Waals surface area contributed by atoms with Crippen molar-refractivity contribution in [3.8, 4) is 17.1 Å². The first-order valence-electron chi connectivity index (χ1n) is 12.9. The number of benzene rings is 2. The SMILES string of the molecule is COc1cc(NC(=O)C(=O)NC(C)(C)CC2CCN(C(=O)O)C(Cc3ccccc3)C2)ccc1-c1cnco1. The van der Waals surface area contributed by atoms with E-state index in [9.17, 15) is 19.5 Å². The minimum Gasteiger partial charge on any atom is -0.496 e. The molecule has 1 aliphatic heterocycles. The van der Waals surface area contributed by atoms with Gasteiger partial charge in [-0.2, -0.15) is 0 Å². The van der Waals surface area contributed by atoms with Gasteiger partial charge in [0.2, 0.25) is 0 Å². The number of nitrogens with one attached hydrogen (secondary N) is 2. The second kappa shape index (κ2) is 12.0. The normalized spacial score (nSPS) is 17.4. The van der Waals surface area contributed by atoms with Crippen molar-refractivity contribution in [3.05, 3.63) is 66.7 Å². The smallest absolute Gasteiger partial charge is 0.407 e. The van der Waals surface area contributed by atoms with Crippen molar-refractivity contribution in [2.45, 2.75) is 51.1 Å². The van der Waals surface area contributed by atoms with E-state index in [0.717, 1.165) is 5.56 Å². The highest BCUT2D eigenvalue weighted by molar-refractivity contribution is 6.39. The molecule has 1 aromatic heterocycles. The van der Waals surface area contributed by atoms with E-state index in [0.29, 0.717) is 55.0 Å². The second-order valence-corrected chi connectivity index (χ2v) is 10.5. The van der Waals surface area contributed by atoms with Crippen LogP contribution in [0.1, 0.15) is 38.7 Å². The molecule has 4 rings (SSSR count). The van der Waals surface area contributed by atoms with Gasteiger partial charge in [0.15, 0.2) is 12.2 Å². The van der Waals surface area contributed by atoms with Crippen LogP contribution < -0.4 is 15.4 Å². The zero-order chi connectivity index (χ0) is 28.0. The first-order valence-corrected chi connectivity index (χ1v) is 12.9. The van der Waals surface area contributed by atoms with Gasteiger partial charge in [0.25, 0.3) is 0 Å². The number of rotatable bonds is 8. The lowest BCUT2D eigenvalue weighted by atomic mass is 9.80. The third-order valence-corrected chi connectivity index (χ3v) is 7.00. The maximum Gasteiger partial charge on any atom is 0.407 e. The lowest BCUT2D eigenvalue weighted by Gasteiger charge is -2.40. The molecule has 10 heteroatoms. The number of ether oxygens (including phenoxy) is 1. The molecular formula is C29H34N4O6. The first kappa shape index (κ1) is 27.7. The number of carbonyl (C=O) groups is 3. The highest BCUT2D eigenvalue weighted by Crippen LogP contribution is 2.33. The number of amides is 3. The summed E-state index contributed by atoms with van der Waals surface area (Å²) in [6.45, 7) is 4.19. The van der Waals surface area contributed by atoms with Crippen molar-refractivity contribution in [1.29, 1.82) is 0 Å². The van der Waals surface area contributed by atoms with Crippen LogP contribution in [-0.2, 0) is 16.0 Å². The summed E-state index contributed by atoms with van der Waals surface area (Å²) in [6.07, 6.45) is 4.59. The summed E-state index contributed by atoms with van der Waals surface area (Å²) in [7, 11) is 1.50. The quantitative estimate of drug-likeness (QED) is 0.360. The fourth-order valence-electron chi connectivity index (χ4n) is 5.30. The molecule has 0 aliphatic carbocycles. The van der Waals surface area contributed by atoms with Crippen LogP contribution in [0.5, 0.6) is 5.75 Å². The fraction of sp³-hybridized carbons (Fsp3) is 0.379. The molecular weight excluding hydrogens is 500 g/mol. The average Bonchev–Trinajstić information content (AvgIpc) is 3.43. The topological polar surface area (TPSA) is 134 Å². The Balaban J connectivity index is 1.35. The Hall–Kier alpha value is -4.34. The zero-order valence-corrected chi connectivity index (χ0v) is 22.3. The zero-order valence-electron chi connectivity index (χ0n) is 22.3. The van der Waals surface area contributed by atoms with E-state index in [1.807, 2.05) is 44.2 Å². The Morgan fingerprint density at radius 1 is 1.15 bits per heavy atom. The van der Waals surface area contributed by atoms with Crippen molar-refractivity contribution in [2.24, 2.45) is 5.92 Å². The van der Waals surface area contributed by atoms with Crippen LogP contribution >= 0.6 is 0 Å². The van der Waals surface area contributed by atoms with Crippen molar-refractivity contribution in [1.82, 2.24) is 15.2 Å². The number of anilines is 1. The van der Waals surface area contributed by atoms with Crippen LogP contribution in [0.25, 0.3) is 11.3 Å². The molecule has 2 heterocycles. The predicted molar refractivity (Wildman–Crippen MR) is 145 cm³/mol. The van der Waals surface area contributed by atoms with Gasteiger partial charge in [-0.25, -0.2) is 9.78 Å². The first-order chi connectivity index (χ1) is 18.6. The molecule has 3 amide bonds. The lowest BCUT2D eigenvalue weighted by Crippen LogP contribution is -2.51. The molecule has 39 heavy (non-hydrogen) atoms. The maximum absolute atomic E-state index is 12.8. The fourth-order valence-corrected chi connectivity index (χ4v) is 5.30. The number of aromatic nitrogens is 1. The van der Waals surface area contributed by atoms with E-state index < -0.39 is 23.4 Å². The van der Waals surface area contributed by atoms with E-state index in [4.69, 9.17) is 9.15 Å². The summed E-state index contributed by atoms with van der Waals surface area (Å²) in [5.41, 5.74) is 1.48. The summed E-state index contributed by atoms with van der Waals surface area (Å²) < 4.78 is 10.7. The predicted octanol–water partition coefficient (Wildman–Crippen LogP) is 4.57. The molecule has 2 atom stereocenters.